The second kappa shape index (κ2) is 4.25. The molecule has 0 unspecified atom stereocenters. The number of hydrogen-bond donors (Lipinski definition) is 0. The third kappa shape index (κ3) is 1.54. The maximum absolute atomic E-state index is 5.75. The molecule has 0 radical (unpaired) electrons. The van der Waals surface area contributed by atoms with Gasteiger partial charge in [-0.1, -0.05) is 60.7 Å². The lowest BCUT2D eigenvalue weighted by molar-refractivity contribution is 1.69. The van der Waals surface area contributed by atoms with Crippen LogP contribution in [-0.2, 0) is 0 Å². The summed E-state index contributed by atoms with van der Waals surface area (Å²) in [4.78, 5) is 0.974. The summed E-state index contributed by atoms with van der Waals surface area (Å²) in [6.45, 7) is 0. The van der Waals surface area contributed by atoms with E-state index in [1.54, 1.807) is 0 Å². The van der Waals surface area contributed by atoms with E-state index in [2.05, 4.69) is 72.8 Å². The van der Waals surface area contributed by atoms with E-state index in [0.717, 1.165) is 4.86 Å². The Bertz CT molecular complexity index is 1000. The molecule has 4 aromatic rings. The molecule has 1 aliphatic rings. The van der Waals surface area contributed by atoms with Crippen LogP contribution in [0.4, 0.5) is 0 Å². The predicted molar refractivity (Wildman–Crippen MR) is 97.7 cm³/mol. The summed E-state index contributed by atoms with van der Waals surface area (Å²) in [5.74, 6) is 0. The van der Waals surface area contributed by atoms with Crippen molar-refractivity contribution < 1.29 is 0 Å². The van der Waals surface area contributed by atoms with Gasteiger partial charge in [-0.15, -0.1) is 0 Å². The van der Waals surface area contributed by atoms with Crippen molar-refractivity contribution in [2.24, 2.45) is 0 Å². The van der Waals surface area contributed by atoms with Crippen LogP contribution in [0.15, 0.2) is 72.8 Å². The molecular weight excluding hydrogens is 284 g/mol. The molecule has 0 nitrogen and oxygen atoms in total. The molecule has 0 aromatic heterocycles. The third-order valence-electron chi connectivity index (χ3n) is 4.55. The molecule has 4 aromatic carbocycles. The first kappa shape index (κ1) is 12.1. The first-order chi connectivity index (χ1) is 10.8. The lowest BCUT2D eigenvalue weighted by Gasteiger charge is -2.05. The van der Waals surface area contributed by atoms with E-state index in [0.29, 0.717) is 0 Å². The number of hydrogen-bond acceptors (Lipinski definition) is 1. The van der Waals surface area contributed by atoms with Gasteiger partial charge in [0.05, 0.1) is 4.86 Å². The van der Waals surface area contributed by atoms with E-state index in [1.165, 1.54) is 43.8 Å². The molecule has 5 rings (SSSR count). The molecule has 0 heterocycles. The molecule has 0 aliphatic heterocycles. The average molecular weight is 296 g/mol. The Morgan fingerprint density at radius 1 is 0.455 bits per heavy atom. The van der Waals surface area contributed by atoms with Crippen LogP contribution in [0.1, 0.15) is 11.1 Å². The first-order valence-corrected chi connectivity index (χ1v) is 7.83. The van der Waals surface area contributed by atoms with Crippen molar-refractivity contribution in [3.63, 3.8) is 0 Å². The third-order valence-corrected chi connectivity index (χ3v) is 4.99. The van der Waals surface area contributed by atoms with E-state index >= 15 is 0 Å². The molecule has 0 N–H and O–H groups in total. The highest BCUT2D eigenvalue weighted by Gasteiger charge is 2.24. The molecule has 1 aliphatic carbocycles. The van der Waals surface area contributed by atoms with Gasteiger partial charge in [-0.05, 0) is 56.9 Å². The minimum absolute atomic E-state index is 0.974. The number of benzene rings is 4. The quantitative estimate of drug-likeness (QED) is 0.328. The van der Waals surface area contributed by atoms with Gasteiger partial charge in [0.1, 0.15) is 0 Å². The van der Waals surface area contributed by atoms with Gasteiger partial charge in [0.15, 0.2) is 0 Å². The molecule has 0 fully saturated rings. The van der Waals surface area contributed by atoms with Crippen molar-refractivity contribution in [1.29, 1.82) is 0 Å². The zero-order valence-electron chi connectivity index (χ0n) is 11.8. The molecule has 0 atom stereocenters. The van der Waals surface area contributed by atoms with Crippen LogP contribution >= 0.6 is 12.2 Å². The maximum atomic E-state index is 5.75. The number of rotatable bonds is 0. The van der Waals surface area contributed by atoms with Crippen LogP contribution in [-0.4, -0.2) is 4.86 Å². The van der Waals surface area contributed by atoms with Gasteiger partial charge < -0.3 is 0 Å². The summed E-state index contributed by atoms with van der Waals surface area (Å²) in [6.07, 6.45) is 0. The normalized spacial score (nSPS) is 12.6. The fourth-order valence-electron chi connectivity index (χ4n) is 3.45. The summed E-state index contributed by atoms with van der Waals surface area (Å²) in [5.41, 5.74) is 4.92. The summed E-state index contributed by atoms with van der Waals surface area (Å²) >= 11 is 5.75. The smallest absolute Gasteiger partial charge is 0.0534 e. The Balaban J connectivity index is 1.90. The topological polar surface area (TPSA) is 0 Å². The zero-order chi connectivity index (χ0) is 14.7. The van der Waals surface area contributed by atoms with Crippen molar-refractivity contribution in [3.8, 4) is 11.1 Å². The summed E-state index contributed by atoms with van der Waals surface area (Å²) in [7, 11) is 0. The maximum Gasteiger partial charge on any atom is 0.0534 e. The van der Waals surface area contributed by atoms with E-state index in [-0.39, 0.29) is 0 Å². The highest BCUT2D eigenvalue weighted by molar-refractivity contribution is 7.81. The van der Waals surface area contributed by atoms with Crippen molar-refractivity contribution in [2.45, 2.75) is 0 Å². The monoisotopic (exact) mass is 296 g/mol. The van der Waals surface area contributed by atoms with Gasteiger partial charge in [0.2, 0.25) is 0 Å². The van der Waals surface area contributed by atoms with Gasteiger partial charge in [-0.2, -0.15) is 0 Å². The Kier molecular flexibility index (Phi) is 2.33. The molecule has 102 valence electrons. The minimum atomic E-state index is 0.974. The van der Waals surface area contributed by atoms with E-state index in [4.69, 9.17) is 12.2 Å². The molecule has 0 amide bonds. The minimum Gasteiger partial charge on any atom is -0.0787 e. The molecule has 22 heavy (non-hydrogen) atoms. The van der Waals surface area contributed by atoms with Crippen LogP contribution < -0.4 is 0 Å². The highest BCUT2D eigenvalue weighted by Crippen LogP contribution is 2.41. The molecule has 0 bridgehead atoms. The summed E-state index contributed by atoms with van der Waals surface area (Å²) in [5, 5.41) is 5.04. The average Bonchev–Trinajstić information content (AvgIpc) is 2.83. The Hall–Kier alpha value is -2.51. The van der Waals surface area contributed by atoms with E-state index in [9.17, 15) is 0 Å². The van der Waals surface area contributed by atoms with Crippen LogP contribution in [0.5, 0.6) is 0 Å². The lowest BCUT2D eigenvalue weighted by atomic mass is 9.99. The van der Waals surface area contributed by atoms with Gasteiger partial charge >= 0.3 is 0 Å². The fourth-order valence-corrected chi connectivity index (χ4v) is 3.78. The van der Waals surface area contributed by atoms with E-state index in [1.807, 2.05) is 0 Å². The SMILES string of the molecule is S=C1c2cc3ccccc3cc2-c2cc3ccccc3cc21. The fraction of sp³-hybridized carbons (Fsp3) is 0. The second-order valence-corrected chi connectivity index (χ2v) is 6.23. The van der Waals surface area contributed by atoms with Crippen molar-refractivity contribution >= 4 is 38.6 Å². The van der Waals surface area contributed by atoms with Crippen LogP contribution in [0.3, 0.4) is 0 Å². The second-order valence-electron chi connectivity index (χ2n) is 5.82. The molecular formula is C21H12S. The molecule has 0 saturated carbocycles. The Morgan fingerprint density at radius 2 is 0.773 bits per heavy atom. The zero-order valence-corrected chi connectivity index (χ0v) is 12.7. The lowest BCUT2D eigenvalue weighted by Crippen LogP contribution is -1.93. The van der Waals surface area contributed by atoms with Crippen molar-refractivity contribution in [1.82, 2.24) is 0 Å². The van der Waals surface area contributed by atoms with Crippen molar-refractivity contribution in [3.05, 3.63) is 83.9 Å². The van der Waals surface area contributed by atoms with Gasteiger partial charge in [-0.25, -0.2) is 0 Å². The Morgan fingerprint density at radius 3 is 1.14 bits per heavy atom. The predicted octanol–water partition coefficient (Wildman–Crippen LogP) is 5.74. The number of thiocarbonyl (C=S) groups is 1. The molecule has 1 heteroatoms. The highest BCUT2D eigenvalue weighted by atomic mass is 32.1. The standard InChI is InChI=1S/C21H12S/c22-21-19-11-15-7-3-1-5-13(15)9-17(19)18-10-14-6-2-4-8-16(14)12-20(18)21/h1-12H. The Labute approximate surface area is 134 Å². The molecule has 0 spiro atoms. The summed E-state index contributed by atoms with van der Waals surface area (Å²) < 4.78 is 0. The van der Waals surface area contributed by atoms with Gasteiger partial charge in [0.25, 0.3) is 0 Å². The largest absolute Gasteiger partial charge is 0.0787 e. The molecule has 0 saturated heterocycles. The first-order valence-electron chi connectivity index (χ1n) is 7.42. The van der Waals surface area contributed by atoms with Gasteiger partial charge in [-0.3, -0.25) is 0 Å². The van der Waals surface area contributed by atoms with Crippen LogP contribution in [0, 0.1) is 0 Å². The van der Waals surface area contributed by atoms with Crippen LogP contribution in [0.2, 0.25) is 0 Å². The summed E-state index contributed by atoms with van der Waals surface area (Å²) in [6, 6.07) is 26.0. The number of fused-ring (bicyclic) bond motifs is 5. The van der Waals surface area contributed by atoms with E-state index < -0.39 is 0 Å². The van der Waals surface area contributed by atoms with Crippen molar-refractivity contribution in [2.75, 3.05) is 0 Å². The van der Waals surface area contributed by atoms with Gasteiger partial charge in [0, 0.05) is 11.1 Å². The van der Waals surface area contributed by atoms with Crippen LogP contribution in [0.25, 0.3) is 32.7 Å².